The van der Waals surface area contributed by atoms with E-state index in [1.807, 2.05) is 55.5 Å². The van der Waals surface area contributed by atoms with Gasteiger partial charge in [0.15, 0.2) is 0 Å². The number of ether oxygens (including phenoxy) is 1. The summed E-state index contributed by atoms with van der Waals surface area (Å²) in [4.78, 5) is 0. The van der Waals surface area contributed by atoms with Crippen molar-refractivity contribution >= 4 is 15.9 Å². The molecular weight excluding hydrogens is 366 g/mol. The molecule has 2 aromatic carbocycles. The molecular formula is C20H24BrNO2. The summed E-state index contributed by atoms with van der Waals surface area (Å²) in [6.45, 7) is 4.07. The molecule has 1 heterocycles. The minimum atomic E-state index is -0.884. The number of hydrogen-bond donors (Lipinski definition) is 2. The Labute approximate surface area is 152 Å². The van der Waals surface area contributed by atoms with Gasteiger partial charge in [-0.2, -0.15) is 0 Å². The third kappa shape index (κ3) is 4.00. The van der Waals surface area contributed by atoms with Gasteiger partial charge in [-0.25, -0.2) is 0 Å². The molecule has 0 spiro atoms. The average Bonchev–Trinajstić information content (AvgIpc) is 2.57. The molecule has 2 aromatic rings. The number of aliphatic hydroxyl groups is 1. The first kappa shape index (κ1) is 17.5. The predicted molar refractivity (Wildman–Crippen MR) is 100 cm³/mol. The molecule has 1 fully saturated rings. The number of piperidine rings is 1. The lowest BCUT2D eigenvalue weighted by Crippen LogP contribution is -2.52. The Kier molecular flexibility index (Phi) is 5.28. The quantitative estimate of drug-likeness (QED) is 0.774. The number of hydrogen-bond acceptors (Lipinski definition) is 3. The van der Waals surface area contributed by atoms with E-state index in [-0.39, 0.29) is 6.04 Å². The van der Waals surface area contributed by atoms with E-state index in [9.17, 15) is 5.11 Å². The van der Waals surface area contributed by atoms with Gasteiger partial charge < -0.3 is 15.2 Å². The van der Waals surface area contributed by atoms with Crippen LogP contribution in [0.4, 0.5) is 0 Å². The molecule has 3 rings (SSSR count). The van der Waals surface area contributed by atoms with E-state index in [1.54, 1.807) is 0 Å². The fourth-order valence-electron chi connectivity index (χ4n) is 3.28. The summed E-state index contributed by atoms with van der Waals surface area (Å²) in [6.07, 6.45) is 3.32. The topological polar surface area (TPSA) is 41.5 Å². The van der Waals surface area contributed by atoms with Crippen LogP contribution < -0.4 is 10.1 Å². The van der Waals surface area contributed by atoms with E-state index in [2.05, 4.69) is 28.2 Å². The standard InChI is InChI=1S/C20H24BrNO2/c1-14-4-3-5-19(22-14)20(2,23)15-6-10-17(11-7-15)24-18-12-8-16(21)9-13-18/h6-14,19,22-23H,3-5H2,1-2H3. The number of rotatable bonds is 4. The Morgan fingerprint density at radius 2 is 1.62 bits per heavy atom. The molecule has 0 aromatic heterocycles. The fraction of sp³-hybridized carbons (Fsp3) is 0.400. The van der Waals surface area contributed by atoms with Crippen LogP contribution in [0.25, 0.3) is 0 Å². The molecule has 1 aliphatic heterocycles. The van der Waals surface area contributed by atoms with E-state index in [0.29, 0.717) is 6.04 Å². The van der Waals surface area contributed by atoms with E-state index in [4.69, 9.17) is 4.74 Å². The second-order valence-electron chi connectivity index (χ2n) is 6.78. The highest BCUT2D eigenvalue weighted by Gasteiger charge is 2.35. The van der Waals surface area contributed by atoms with Gasteiger partial charge in [-0.1, -0.05) is 34.5 Å². The molecule has 4 heteroatoms. The van der Waals surface area contributed by atoms with Crippen LogP contribution in [-0.2, 0) is 5.60 Å². The lowest BCUT2D eigenvalue weighted by Gasteiger charge is -2.39. The van der Waals surface area contributed by atoms with Crippen molar-refractivity contribution in [3.8, 4) is 11.5 Å². The molecule has 0 bridgehead atoms. The van der Waals surface area contributed by atoms with Crippen molar-refractivity contribution in [3.63, 3.8) is 0 Å². The predicted octanol–water partition coefficient (Wildman–Crippen LogP) is 4.98. The second kappa shape index (κ2) is 7.26. The summed E-state index contributed by atoms with van der Waals surface area (Å²) in [5.74, 6) is 1.56. The van der Waals surface area contributed by atoms with Crippen LogP contribution in [0, 0.1) is 0 Å². The fourth-order valence-corrected chi connectivity index (χ4v) is 3.55. The van der Waals surface area contributed by atoms with Gasteiger partial charge in [0.2, 0.25) is 0 Å². The van der Waals surface area contributed by atoms with E-state index >= 15 is 0 Å². The van der Waals surface area contributed by atoms with Crippen LogP contribution in [0.5, 0.6) is 11.5 Å². The highest BCUT2D eigenvalue weighted by atomic mass is 79.9. The molecule has 1 aliphatic rings. The lowest BCUT2D eigenvalue weighted by molar-refractivity contribution is -0.000288. The summed E-state index contributed by atoms with van der Waals surface area (Å²) in [5, 5.41) is 14.6. The second-order valence-corrected chi connectivity index (χ2v) is 7.69. The first-order chi connectivity index (χ1) is 11.4. The van der Waals surface area contributed by atoms with Gasteiger partial charge in [0.05, 0.1) is 0 Å². The zero-order valence-electron chi connectivity index (χ0n) is 14.1. The Morgan fingerprint density at radius 3 is 2.21 bits per heavy atom. The lowest BCUT2D eigenvalue weighted by atomic mass is 9.82. The smallest absolute Gasteiger partial charge is 0.127 e. The molecule has 24 heavy (non-hydrogen) atoms. The summed E-state index contributed by atoms with van der Waals surface area (Å²) in [6, 6.07) is 16.0. The van der Waals surface area contributed by atoms with Gasteiger partial charge in [-0.05, 0) is 68.7 Å². The SMILES string of the molecule is CC1CCCC(C(C)(O)c2ccc(Oc3ccc(Br)cc3)cc2)N1. The van der Waals surface area contributed by atoms with E-state index < -0.39 is 5.60 Å². The minimum absolute atomic E-state index is 0.0829. The first-order valence-corrected chi connectivity index (χ1v) is 9.27. The van der Waals surface area contributed by atoms with Gasteiger partial charge in [0, 0.05) is 16.6 Å². The van der Waals surface area contributed by atoms with Gasteiger partial charge in [-0.3, -0.25) is 0 Å². The first-order valence-electron chi connectivity index (χ1n) is 8.47. The third-order valence-corrected chi connectivity index (χ3v) is 5.31. The van der Waals surface area contributed by atoms with Crippen LogP contribution >= 0.6 is 15.9 Å². The van der Waals surface area contributed by atoms with Gasteiger partial charge in [0.1, 0.15) is 17.1 Å². The van der Waals surface area contributed by atoms with Crippen molar-refractivity contribution in [2.75, 3.05) is 0 Å². The van der Waals surface area contributed by atoms with Crippen molar-refractivity contribution in [3.05, 3.63) is 58.6 Å². The van der Waals surface area contributed by atoms with Crippen molar-refractivity contribution < 1.29 is 9.84 Å². The summed E-state index contributed by atoms with van der Waals surface area (Å²) >= 11 is 3.41. The maximum atomic E-state index is 11.0. The molecule has 0 radical (unpaired) electrons. The maximum absolute atomic E-state index is 11.0. The van der Waals surface area contributed by atoms with Gasteiger partial charge in [0.25, 0.3) is 0 Å². The third-order valence-electron chi connectivity index (χ3n) is 4.78. The maximum Gasteiger partial charge on any atom is 0.127 e. The monoisotopic (exact) mass is 389 g/mol. The minimum Gasteiger partial charge on any atom is -0.457 e. The molecule has 3 atom stereocenters. The van der Waals surface area contributed by atoms with Gasteiger partial charge >= 0.3 is 0 Å². The highest BCUT2D eigenvalue weighted by molar-refractivity contribution is 9.10. The molecule has 0 saturated carbocycles. The van der Waals surface area contributed by atoms with Crippen LogP contribution in [0.15, 0.2) is 53.0 Å². The van der Waals surface area contributed by atoms with Crippen LogP contribution in [0.1, 0.15) is 38.7 Å². The summed E-state index contributed by atoms with van der Waals surface area (Å²) in [7, 11) is 0. The molecule has 3 nitrogen and oxygen atoms in total. The van der Waals surface area contributed by atoms with Crippen molar-refractivity contribution in [2.24, 2.45) is 0 Å². The number of halogens is 1. The molecule has 0 aliphatic carbocycles. The number of nitrogens with one attached hydrogen (secondary N) is 1. The molecule has 3 unspecified atom stereocenters. The molecule has 2 N–H and O–H groups in total. The Bertz CT molecular complexity index is 667. The average molecular weight is 390 g/mol. The van der Waals surface area contributed by atoms with Crippen LogP contribution in [-0.4, -0.2) is 17.2 Å². The molecule has 1 saturated heterocycles. The van der Waals surface area contributed by atoms with Crippen molar-refractivity contribution in [1.82, 2.24) is 5.32 Å². The zero-order chi connectivity index (χ0) is 17.2. The Hall–Kier alpha value is -1.36. The largest absolute Gasteiger partial charge is 0.457 e. The Morgan fingerprint density at radius 1 is 1.04 bits per heavy atom. The molecule has 128 valence electrons. The van der Waals surface area contributed by atoms with E-state index in [0.717, 1.165) is 34.4 Å². The van der Waals surface area contributed by atoms with Crippen molar-refractivity contribution in [2.45, 2.75) is 50.8 Å². The van der Waals surface area contributed by atoms with Crippen LogP contribution in [0.3, 0.4) is 0 Å². The highest BCUT2D eigenvalue weighted by Crippen LogP contribution is 2.32. The Balaban J connectivity index is 1.72. The van der Waals surface area contributed by atoms with Gasteiger partial charge in [-0.15, -0.1) is 0 Å². The number of benzene rings is 2. The molecule has 0 amide bonds. The van der Waals surface area contributed by atoms with E-state index in [1.165, 1.54) is 6.42 Å². The zero-order valence-corrected chi connectivity index (χ0v) is 15.7. The normalized spacial score (nSPS) is 23.5. The summed E-state index contributed by atoms with van der Waals surface area (Å²) < 4.78 is 6.87. The summed E-state index contributed by atoms with van der Waals surface area (Å²) in [5.41, 5.74) is 0.0300. The van der Waals surface area contributed by atoms with Crippen molar-refractivity contribution in [1.29, 1.82) is 0 Å². The van der Waals surface area contributed by atoms with Crippen LogP contribution in [0.2, 0.25) is 0 Å².